The van der Waals surface area contributed by atoms with Crippen LogP contribution in [0.25, 0.3) is 0 Å². The van der Waals surface area contributed by atoms with Crippen molar-refractivity contribution >= 4 is 5.91 Å². The van der Waals surface area contributed by atoms with E-state index in [2.05, 4.69) is 0 Å². The Morgan fingerprint density at radius 2 is 2.29 bits per heavy atom. The molecule has 0 spiro atoms. The molecule has 0 saturated carbocycles. The lowest BCUT2D eigenvalue weighted by Gasteiger charge is -2.16. The quantitative estimate of drug-likeness (QED) is 0.772. The fourth-order valence-corrected chi connectivity index (χ4v) is 2.24. The van der Waals surface area contributed by atoms with E-state index in [0.717, 1.165) is 6.42 Å². The molecule has 2 N–H and O–H groups in total. The van der Waals surface area contributed by atoms with Gasteiger partial charge in [0.25, 0.3) is 5.91 Å². The van der Waals surface area contributed by atoms with Crippen LogP contribution < -0.4 is 15.2 Å². The summed E-state index contributed by atoms with van der Waals surface area (Å²) >= 11 is 0. The Kier molecular flexibility index (Phi) is 2.40. The van der Waals surface area contributed by atoms with Gasteiger partial charge in [0.1, 0.15) is 0 Å². The lowest BCUT2D eigenvalue weighted by Crippen LogP contribution is -2.32. The standard InChI is InChI=1S/C12H14N2O3/c13-8-4-5-14(6-8)12(15)9-2-1-3-10-11(9)17-7-16-10/h1-3,8H,4-7,13H2/t8-/m1/s1. The fraction of sp³-hybridized carbons (Fsp3) is 0.417. The number of benzene rings is 1. The molecule has 17 heavy (non-hydrogen) atoms. The monoisotopic (exact) mass is 234 g/mol. The molecule has 2 aliphatic rings. The van der Waals surface area contributed by atoms with Crippen LogP contribution in [-0.2, 0) is 0 Å². The largest absolute Gasteiger partial charge is 0.454 e. The Bertz CT molecular complexity index is 461. The predicted molar refractivity (Wildman–Crippen MR) is 61.1 cm³/mol. The van der Waals surface area contributed by atoms with Gasteiger partial charge in [0.2, 0.25) is 6.79 Å². The normalized spacial score (nSPS) is 21.9. The minimum absolute atomic E-state index is 0.0275. The molecule has 5 nitrogen and oxygen atoms in total. The Morgan fingerprint density at radius 3 is 3.06 bits per heavy atom. The van der Waals surface area contributed by atoms with Gasteiger partial charge in [-0.05, 0) is 18.6 Å². The number of nitrogens with zero attached hydrogens (tertiary/aromatic N) is 1. The van der Waals surface area contributed by atoms with E-state index in [0.29, 0.717) is 30.2 Å². The minimum Gasteiger partial charge on any atom is -0.454 e. The van der Waals surface area contributed by atoms with Gasteiger partial charge in [-0.2, -0.15) is 0 Å². The summed E-state index contributed by atoms with van der Waals surface area (Å²) in [5, 5.41) is 0. The molecule has 2 heterocycles. The van der Waals surface area contributed by atoms with E-state index < -0.39 is 0 Å². The molecule has 1 fully saturated rings. The third kappa shape index (κ3) is 1.72. The predicted octanol–water partition coefficient (Wildman–Crippen LogP) is 0.588. The fourth-order valence-electron chi connectivity index (χ4n) is 2.24. The van der Waals surface area contributed by atoms with Gasteiger partial charge in [-0.15, -0.1) is 0 Å². The van der Waals surface area contributed by atoms with Crippen LogP contribution in [0.1, 0.15) is 16.8 Å². The highest BCUT2D eigenvalue weighted by Crippen LogP contribution is 2.36. The average Bonchev–Trinajstić information content (AvgIpc) is 2.95. The summed E-state index contributed by atoms with van der Waals surface area (Å²) in [6.07, 6.45) is 0.859. The van der Waals surface area contributed by atoms with Crippen molar-refractivity contribution in [3.05, 3.63) is 23.8 Å². The number of carbonyl (C=O) groups is 1. The number of nitrogens with two attached hydrogens (primary N) is 1. The van der Waals surface area contributed by atoms with Gasteiger partial charge < -0.3 is 20.1 Å². The average molecular weight is 234 g/mol. The van der Waals surface area contributed by atoms with Crippen LogP contribution in [0.4, 0.5) is 0 Å². The zero-order valence-electron chi connectivity index (χ0n) is 9.39. The number of likely N-dealkylation sites (tertiary alicyclic amines) is 1. The molecule has 90 valence electrons. The second-order valence-electron chi connectivity index (χ2n) is 4.34. The van der Waals surface area contributed by atoms with Crippen molar-refractivity contribution in [2.75, 3.05) is 19.9 Å². The molecule has 1 atom stereocenters. The van der Waals surface area contributed by atoms with Gasteiger partial charge in [0.05, 0.1) is 5.56 Å². The Labute approximate surface area is 99.1 Å². The second-order valence-corrected chi connectivity index (χ2v) is 4.34. The SMILES string of the molecule is N[C@@H]1CCN(C(=O)c2cccc3c2OCO3)C1. The molecule has 3 rings (SSSR count). The molecule has 1 aromatic carbocycles. The molecule has 1 saturated heterocycles. The lowest BCUT2D eigenvalue weighted by atomic mass is 10.1. The van der Waals surface area contributed by atoms with Crippen molar-refractivity contribution in [2.24, 2.45) is 5.73 Å². The number of ether oxygens (including phenoxy) is 2. The van der Waals surface area contributed by atoms with Gasteiger partial charge in [-0.1, -0.05) is 6.07 Å². The van der Waals surface area contributed by atoms with E-state index in [1.807, 2.05) is 0 Å². The van der Waals surface area contributed by atoms with Crippen molar-refractivity contribution < 1.29 is 14.3 Å². The highest BCUT2D eigenvalue weighted by Gasteiger charge is 2.29. The molecule has 5 heteroatoms. The van der Waals surface area contributed by atoms with Crippen molar-refractivity contribution in [1.29, 1.82) is 0 Å². The van der Waals surface area contributed by atoms with Crippen LogP contribution in [0.5, 0.6) is 11.5 Å². The first-order valence-corrected chi connectivity index (χ1v) is 5.69. The Balaban J connectivity index is 1.89. The minimum atomic E-state index is -0.0275. The molecule has 1 aromatic rings. The summed E-state index contributed by atoms with van der Waals surface area (Å²) in [7, 11) is 0. The maximum Gasteiger partial charge on any atom is 0.257 e. The maximum absolute atomic E-state index is 12.3. The van der Waals surface area contributed by atoms with E-state index in [1.165, 1.54) is 0 Å². The molecule has 0 bridgehead atoms. The first kappa shape index (κ1) is 10.4. The van der Waals surface area contributed by atoms with Gasteiger partial charge in [0.15, 0.2) is 11.5 Å². The summed E-state index contributed by atoms with van der Waals surface area (Å²) in [6, 6.07) is 5.46. The third-order valence-electron chi connectivity index (χ3n) is 3.14. The Hall–Kier alpha value is -1.75. The van der Waals surface area contributed by atoms with Crippen LogP contribution in [0, 0.1) is 0 Å². The van der Waals surface area contributed by atoms with E-state index in [4.69, 9.17) is 15.2 Å². The first-order chi connectivity index (χ1) is 8.25. The van der Waals surface area contributed by atoms with E-state index in [9.17, 15) is 4.79 Å². The number of para-hydroxylation sites is 1. The van der Waals surface area contributed by atoms with Crippen molar-refractivity contribution in [2.45, 2.75) is 12.5 Å². The number of carbonyl (C=O) groups excluding carboxylic acids is 1. The molecular formula is C12H14N2O3. The van der Waals surface area contributed by atoms with E-state index in [1.54, 1.807) is 23.1 Å². The summed E-state index contributed by atoms with van der Waals surface area (Å²) in [5.41, 5.74) is 6.37. The smallest absolute Gasteiger partial charge is 0.257 e. The molecule has 0 aliphatic carbocycles. The van der Waals surface area contributed by atoms with Crippen molar-refractivity contribution in [3.8, 4) is 11.5 Å². The third-order valence-corrected chi connectivity index (χ3v) is 3.14. The summed E-state index contributed by atoms with van der Waals surface area (Å²) in [6.45, 7) is 1.51. The van der Waals surface area contributed by atoms with Crippen molar-refractivity contribution in [1.82, 2.24) is 4.90 Å². The summed E-state index contributed by atoms with van der Waals surface area (Å²) in [5.74, 6) is 1.16. The van der Waals surface area contributed by atoms with Gasteiger partial charge in [-0.3, -0.25) is 4.79 Å². The molecule has 0 radical (unpaired) electrons. The number of amides is 1. The molecular weight excluding hydrogens is 220 g/mol. The number of fused-ring (bicyclic) bond motifs is 1. The zero-order valence-corrected chi connectivity index (χ0v) is 9.39. The van der Waals surface area contributed by atoms with Crippen LogP contribution in [-0.4, -0.2) is 36.7 Å². The maximum atomic E-state index is 12.3. The molecule has 2 aliphatic heterocycles. The Morgan fingerprint density at radius 1 is 1.41 bits per heavy atom. The van der Waals surface area contributed by atoms with E-state index >= 15 is 0 Å². The number of hydrogen-bond acceptors (Lipinski definition) is 4. The zero-order chi connectivity index (χ0) is 11.8. The topological polar surface area (TPSA) is 64.8 Å². The highest BCUT2D eigenvalue weighted by molar-refractivity contribution is 5.98. The van der Waals surface area contributed by atoms with Crippen LogP contribution in [0.3, 0.4) is 0 Å². The lowest BCUT2D eigenvalue weighted by molar-refractivity contribution is 0.0786. The molecule has 0 aromatic heterocycles. The molecule has 1 amide bonds. The number of rotatable bonds is 1. The van der Waals surface area contributed by atoms with Crippen molar-refractivity contribution in [3.63, 3.8) is 0 Å². The van der Waals surface area contributed by atoms with Gasteiger partial charge >= 0.3 is 0 Å². The van der Waals surface area contributed by atoms with Crippen LogP contribution >= 0.6 is 0 Å². The first-order valence-electron chi connectivity index (χ1n) is 5.69. The highest BCUT2D eigenvalue weighted by atomic mass is 16.7. The van der Waals surface area contributed by atoms with E-state index in [-0.39, 0.29) is 18.7 Å². The van der Waals surface area contributed by atoms with Crippen LogP contribution in [0.15, 0.2) is 18.2 Å². The number of hydrogen-bond donors (Lipinski definition) is 1. The second kappa shape index (κ2) is 3.92. The molecule has 0 unspecified atom stereocenters. The summed E-state index contributed by atoms with van der Waals surface area (Å²) < 4.78 is 10.6. The van der Waals surface area contributed by atoms with Crippen LogP contribution in [0.2, 0.25) is 0 Å². The summed E-state index contributed by atoms with van der Waals surface area (Å²) in [4.78, 5) is 14.1. The van der Waals surface area contributed by atoms with Gasteiger partial charge in [-0.25, -0.2) is 0 Å². The van der Waals surface area contributed by atoms with Gasteiger partial charge in [0, 0.05) is 19.1 Å².